The van der Waals surface area contributed by atoms with Crippen LogP contribution in [0, 0.1) is 58.2 Å². The molecule has 70 heavy (non-hydrogen) atoms. The molecular weight excluding hydrogens is 933 g/mol. The second-order valence-electron chi connectivity index (χ2n) is 19.6. The van der Waals surface area contributed by atoms with Gasteiger partial charge in [0.2, 0.25) is 0 Å². The van der Waals surface area contributed by atoms with Crippen molar-refractivity contribution in [2.24, 2.45) is 35.5 Å². The van der Waals surface area contributed by atoms with Crippen molar-refractivity contribution in [1.29, 1.82) is 10.5 Å². The average molecular weight is 997 g/mol. The van der Waals surface area contributed by atoms with Crippen LogP contribution in [-0.2, 0) is 54.8 Å². The zero-order chi connectivity index (χ0) is 50.4. The minimum Gasteiger partial charge on any atom is -0.465 e. The van der Waals surface area contributed by atoms with Crippen LogP contribution in [0.15, 0.2) is 62.6 Å². The van der Waals surface area contributed by atoms with Crippen molar-refractivity contribution in [1.82, 2.24) is 0 Å². The topological polar surface area (TPSA) is 205 Å². The smallest absolute Gasteiger partial charge is 0.330 e. The van der Waals surface area contributed by atoms with Crippen LogP contribution in [0.4, 0.5) is 0 Å². The van der Waals surface area contributed by atoms with Crippen LogP contribution < -0.4 is 14.2 Å². The SMILES string of the molecule is C=CC(=O)OCCOC(=O)CCC(=O)OCCc1ccc(OC(=O)C2CCC(C(=O)Oc3c(C(C)(C)C)cc(OC(=O)C4CCC(C5CCC(CC)CC5)CC4)c4c3SC(=C(C#N)C#N)S4)CC2)cc1. The number of esters is 6. The highest BCUT2D eigenvalue weighted by atomic mass is 32.2. The van der Waals surface area contributed by atoms with E-state index in [1.165, 1.54) is 55.6 Å². The van der Waals surface area contributed by atoms with E-state index in [0.29, 0.717) is 74.9 Å². The molecule has 3 saturated carbocycles. The zero-order valence-corrected chi connectivity index (χ0v) is 42.3. The number of hydrogen-bond acceptors (Lipinski definition) is 16. The third-order valence-corrected chi connectivity index (χ3v) is 16.5. The molecule has 0 N–H and O–H groups in total. The van der Waals surface area contributed by atoms with Gasteiger partial charge in [-0.2, -0.15) is 10.5 Å². The van der Waals surface area contributed by atoms with Crippen LogP contribution in [-0.4, -0.2) is 55.6 Å². The summed E-state index contributed by atoms with van der Waals surface area (Å²) in [5.74, 6) is -0.849. The van der Waals surface area contributed by atoms with Gasteiger partial charge in [-0.3, -0.25) is 24.0 Å². The fraction of sp³-hybridized carbons (Fsp3) is 0.556. The number of carbonyl (C=O) groups is 6. The molecule has 0 spiro atoms. The first-order valence-electron chi connectivity index (χ1n) is 24.6. The number of thioether (sulfide) groups is 2. The van der Waals surface area contributed by atoms with E-state index < -0.39 is 47.1 Å². The van der Waals surface area contributed by atoms with Gasteiger partial charge in [-0.15, -0.1) is 0 Å². The average Bonchev–Trinajstić information content (AvgIpc) is 3.81. The van der Waals surface area contributed by atoms with Gasteiger partial charge in [0.25, 0.3) is 0 Å². The van der Waals surface area contributed by atoms with Crippen LogP contribution >= 0.6 is 23.5 Å². The first kappa shape index (κ1) is 53.8. The molecule has 2 aromatic rings. The Hall–Kier alpha value is -5.58. The lowest BCUT2D eigenvalue weighted by Crippen LogP contribution is -2.31. The number of nitriles is 2. The Labute approximate surface area is 419 Å². The molecule has 14 nitrogen and oxygen atoms in total. The summed E-state index contributed by atoms with van der Waals surface area (Å²) in [4.78, 5) is 77.2. The van der Waals surface area contributed by atoms with E-state index in [1.54, 1.807) is 30.3 Å². The van der Waals surface area contributed by atoms with Gasteiger partial charge in [0.15, 0.2) is 0 Å². The number of allylic oxidation sites excluding steroid dienone is 1. The maximum absolute atomic E-state index is 14.0. The number of rotatable bonds is 18. The van der Waals surface area contributed by atoms with E-state index in [9.17, 15) is 39.3 Å². The van der Waals surface area contributed by atoms with Crippen LogP contribution in [0.25, 0.3) is 0 Å². The summed E-state index contributed by atoms with van der Waals surface area (Å²) in [6.45, 7) is 11.3. The van der Waals surface area contributed by atoms with E-state index in [0.717, 1.165) is 49.2 Å². The zero-order valence-electron chi connectivity index (χ0n) is 40.7. The maximum atomic E-state index is 14.0. The molecule has 0 bridgehead atoms. The summed E-state index contributed by atoms with van der Waals surface area (Å²) < 4.78 is 33.6. The quantitative estimate of drug-likeness (QED) is 0.0340. The third kappa shape index (κ3) is 14.7. The van der Waals surface area contributed by atoms with Crippen molar-refractivity contribution in [3.05, 3.63) is 63.9 Å². The Bertz CT molecular complexity index is 2350. The molecule has 1 aliphatic heterocycles. The summed E-state index contributed by atoms with van der Waals surface area (Å²) in [5.41, 5.74) is 0.845. The van der Waals surface area contributed by atoms with Gasteiger partial charge in [0.05, 0.1) is 51.2 Å². The molecule has 3 aliphatic carbocycles. The molecule has 16 heteroatoms. The largest absolute Gasteiger partial charge is 0.465 e. The second-order valence-corrected chi connectivity index (χ2v) is 21.9. The summed E-state index contributed by atoms with van der Waals surface area (Å²) in [5, 5.41) is 19.6. The predicted octanol–water partition coefficient (Wildman–Crippen LogP) is 10.8. The van der Waals surface area contributed by atoms with Crippen LogP contribution in [0.2, 0.25) is 0 Å². The molecule has 4 aliphatic rings. The van der Waals surface area contributed by atoms with Gasteiger partial charge in [-0.25, -0.2) is 4.79 Å². The maximum Gasteiger partial charge on any atom is 0.330 e. The molecule has 0 aromatic heterocycles. The van der Waals surface area contributed by atoms with Crippen molar-refractivity contribution in [2.45, 2.75) is 146 Å². The number of fused-ring (bicyclic) bond motifs is 1. The van der Waals surface area contributed by atoms with E-state index in [2.05, 4.69) is 13.5 Å². The highest BCUT2D eigenvalue weighted by molar-refractivity contribution is 8.24. The number of nitrogens with zero attached hydrogens (tertiary/aromatic N) is 2. The van der Waals surface area contributed by atoms with E-state index in [4.69, 9.17) is 28.4 Å². The van der Waals surface area contributed by atoms with Gasteiger partial charge in [-0.1, -0.05) is 89.2 Å². The molecule has 374 valence electrons. The number of ether oxygens (including phenoxy) is 6. The lowest BCUT2D eigenvalue weighted by molar-refractivity contribution is -0.152. The standard InChI is InChI=1S/C54H64N2O12S2/c1-6-33-8-12-35(13-9-33)36-14-16-38(17-15-36)51(61)67-43-30-42(54(3,4)5)47(49-48(43)69-53(70-49)40(31-55)32-56)68-52(62)39-20-18-37(19-21-39)50(60)66-41-22-10-34(11-23-41)26-27-63-45(58)24-25-46(59)65-29-28-64-44(57)7-2/h7,10-11,22-23,30,33,35-39H,2,6,8-9,12-21,24-29H2,1,3-5H3. The van der Waals surface area contributed by atoms with E-state index >= 15 is 0 Å². The highest BCUT2D eigenvalue weighted by Gasteiger charge is 2.39. The summed E-state index contributed by atoms with van der Waals surface area (Å²) in [6, 6.07) is 12.6. The van der Waals surface area contributed by atoms with Crippen molar-refractivity contribution in [3.63, 3.8) is 0 Å². The monoisotopic (exact) mass is 996 g/mol. The lowest BCUT2D eigenvalue weighted by atomic mass is 9.69. The molecule has 3 fully saturated rings. The highest BCUT2D eigenvalue weighted by Crippen LogP contribution is 2.61. The van der Waals surface area contributed by atoms with Crippen molar-refractivity contribution in [2.75, 3.05) is 19.8 Å². The Morgan fingerprint density at radius 1 is 0.671 bits per heavy atom. The normalized spacial score (nSPS) is 21.9. The summed E-state index contributed by atoms with van der Waals surface area (Å²) in [7, 11) is 0. The Morgan fingerprint density at radius 2 is 1.17 bits per heavy atom. The molecule has 0 saturated heterocycles. The summed E-state index contributed by atoms with van der Waals surface area (Å²) >= 11 is 2.35. The molecule has 2 aromatic carbocycles. The molecule has 0 amide bonds. The molecule has 6 rings (SSSR count). The van der Waals surface area contributed by atoms with E-state index in [-0.39, 0.29) is 50.1 Å². The fourth-order valence-electron chi connectivity index (χ4n) is 9.69. The van der Waals surface area contributed by atoms with Crippen LogP contribution in [0.5, 0.6) is 17.2 Å². The van der Waals surface area contributed by atoms with Crippen molar-refractivity contribution in [3.8, 4) is 29.4 Å². The first-order chi connectivity index (χ1) is 33.6. The number of hydrogen-bond donors (Lipinski definition) is 0. The Balaban J connectivity index is 1.01. The number of carbonyl (C=O) groups excluding carboxylic acids is 6. The summed E-state index contributed by atoms with van der Waals surface area (Å²) in [6.07, 6.45) is 12.7. The minimum atomic E-state index is -0.628. The van der Waals surface area contributed by atoms with Gasteiger partial charge < -0.3 is 28.4 Å². The Kier molecular flexibility index (Phi) is 19.6. The Morgan fingerprint density at radius 3 is 1.71 bits per heavy atom. The van der Waals surface area contributed by atoms with Crippen molar-refractivity contribution < 1.29 is 57.2 Å². The van der Waals surface area contributed by atoms with Gasteiger partial charge in [0.1, 0.15) is 48.2 Å². The lowest BCUT2D eigenvalue weighted by Gasteiger charge is -2.37. The molecule has 1 heterocycles. The number of benzene rings is 2. The molecule has 0 atom stereocenters. The predicted molar refractivity (Wildman–Crippen MR) is 261 cm³/mol. The molecule has 0 radical (unpaired) electrons. The van der Waals surface area contributed by atoms with E-state index in [1.807, 2.05) is 32.9 Å². The van der Waals surface area contributed by atoms with Crippen molar-refractivity contribution >= 4 is 59.3 Å². The third-order valence-electron chi connectivity index (χ3n) is 13.9. The van der Waals surface area contributed by atoms with Gasteiger partial charge in [0, 0.05) is 18.1 Å². The van der Waals surface area contributed by atoms with Crippen LogP contribution in [0.1, 0.15) is 135 Å². The minimum absolute atomic E-state index is 0.0801. The molecular formula is C54H64N2O12S2. The molecule has 0 unspecified atom stereocenters. The fourth-order valence-corrected chi connectivity index (χ4v) is 12.2. The first-order valence-corrected chi connectivity index (χ1v) is 26.2. The van der Waals surface area contributed by atoms with Gasteiger partial charge in [-0.05, 0) is 111 Å². The van der Waals surface area contributed by atoms with Crippen LogP contribution in [0.3, 0.4) is 0 Å². The second kappa shape index (κ2) is 25.5. The van der Waals surface area contributed by atoms with Gasteiger partial charge >= 0.3 is 35.8 Å².